The van der Waals surface area contributed by atoms with Crippen LogP contribution >= 0.6 is 0 Å². The summed E-state index contributed by atoms with van der Waals surface area (Å²) in [5.41, 5.74) is 4.14. The van der Waals surface area contributed by atoms with Crippen LogP contribution in [0.15, 0.2) is 90.9 Å². The van der Waals surface area contributed by atoms with Gasteiger partial charge in [-0.25, -0.2) is 0 Å². The van der Waals surface area contributed by atoms with Crippen LogP contribution in [0.2, 0.25) is 0 Å². The van der Waals surface area contributed by atoms with E-state index in [9.17, 15) is 4.79 Å². The Balaban J connectivity index is 2.18. The topological polar surface area (TPSA) is 46.5 Å². The molecule has 0 aliphatic heterocycles. The number of ether oxygens (including phenoxy) is 1. The highest BCUT2D eigenvalue weighted by Crippen LogP contribution is 2.23. The lowest BCUT2D eigenvalue weighted by Crippen LogP contribution is -2.02. The fraction of sp³-hybridized carbons (Fsp3) is 0.179. The minimum absolute atomic E-state index is 0.0322. The first-order valence-electron chi connectivity index (χ1n) is 10.3. The minimum Gasteiger partial charge on any atom is -0.516 e. The van der Waals surface area contributed by atoms with E-state index in [-0.39, 0.29) is 5.78 Å². The number of carbonyl (C=O) groups excluding carboxylic acids is 1. The lowest BCUT2D eigenvalue weighted by atomic mass is 9.97. The van der Waals surface area contributed by atoms with Crippen molar-refractivity contribution in [3.8, 4) is 5.75 Å². The van der Waals surface area contributed by atoms with Gasteiger partial charge in [-0.15, -0.1) is 0 Å². The molecule has 2 rings (SSSR count). The highest BCUT2D eigenvalue weighted by atomic mass is 16.5. The van der Waals surface area contributed by atoms with Gasteiger partial charge in [-0.3, -0.25) is 4.79 Å². The second kappa shape index (κ2) is 11.6. The monoisotopic (exact) mass is 414 g/mol. The first kappa shape index (κ1) is 23.7. The molecule has 0 unspecified atom stereocenters. The molecule has 0 aliphatic carbocycles. The molecule has 0 saturated heterocycles. The maximum absolute atomic E-state index is 12.9. The molecule has 1 N–H and O–H groups in total. The van der Waals surface area contributed by atoms with E-state index >= 15 is 0 Å². The fourth-order valence-electron chi connectivity index (χ4n) is 3.01. The van der Waals surface area contributed by atoms with Crippen LogP contribution in [0.5, 0.6) is 5.75 Å². The molecule has 2 aromatic carbocycles. The van der Waals surface area contributed by atoms with Gasteiger partial charge in [-0.2, -0.15) is 0 Å². The van der Waals surface area contributed by atoms with Crippen LogP contribution in [0.1, 0.15) is 60.7 Å². The second-order valence-corrected chi connectivity index (χ2v) is 7.29. The molecular formula is C28H30O3. The Kier molecular flexibility index (Phi) is 8.83. The summed E-state index contributed by atoms with van der Waals surface area (Å²) in [5.74, 6) is 1.62. The van der Waals surface area contributed by atoms with Crippen LogP contribution < -0.4 is 4.74 Å². The number of Topliss-reactive ketones (excluding diaryl/α,β-unsaturated/α-hetero) is 1. The van der Waals surface area contributed by atoms with Gasteiger partial charge < -0.3 is 9.84 Å². The van der Waals surface area contributed by atoms with Crippen molar-refractivity contribution in [3.63, 3.8) is 0 Å². The highest BCUT2D eigenvalue weighted by molar-refractivity contribution is 6.10. The molecular weight excluding hydrogens is 384 g/mol. The lowest BCUT2D eigenvalue weighted by molar-refractivity contribution is 0.103. The number of hydrogen-bond acceptors (Lipinski definition) is 3. The maximum Gasteiger partial charge on any atom is 0.192 e. The van der Waals surface area contributed by atoms with Gasteiger partial charge >= 0.3 is 0 Å². The van der Waals surface area contributed by atoms with Crippen molar-refractivity contribution in [2.45, 2.75) is 33.6 Å². The van der Waals surface area contributed by atoms with E-state index in [1.807, 2.05) is 62.4 Å². The molecule has 0 radical (unpaired) electrons. The van der Waals surface area contributed by atoms with Crippen LogP contribution in [0.4, 0.5) is 0 Å². The van der Waals surface area contributed by atoms with Crippen LogP contribution in [0.3, 0.4) is 0 Å². The molecule has 3 heteroatoms. The summed E-state index contributed by atoms with van der Waals surface area (Å²) < 4.78 is 5.96. The molecule has 160 valence electrons. The summed E-state index contributed by atoms with van der Waals surface area (Å²) >= 11 is 0. The second-order valence-electron chi connectivity index (χ2n) is 7.29. The Morgan fingerprint density at radius 2 is 1.71 bits per heavy atom. The van der Waals surface area contributed by atoms with Gasteiger partial charge in [0, 0.05) is 11.1 Å². The standard InChI is InChI=1S/C28H30O3/c1-6-21-13-16-27(19-25(21)17-18-29)31-26(8-3)15-14-22(7-2)28(30)24-11-9-23(10-12-24)20(4)5/h6-20,29H,1H2,2-5H3/b15-14-,18-17+,22-7+,26-8+. The number of hydrogen-bond donors (Lipinski definition) is 1. The van der Waals surface area contributed by atoms with Crippen molar-refractivity contribution >= 4 is 17.9 Å². The maximum atomic E-state index is 12.9. The van der Waals surface area contributed by atoms with Crippen molar-refractivity contribution in [3.05, 3.63) is 113 Å². The largest absolute Gasteiger partial charge is 0.516 e. The zero-order valence-corrected chi connectivity index (χ0v) is 18.6. The molecule has 2 aromatic rings. The Morgan fingerprint density at radius 3 is 2.26 bits per heavy atom. The van der Waals surface area contributed by atoms with Crippen LogP contribution in [-0.2, 0) is 0 Å². The average molecular weight is 415 g/mol. The van der Waals surface area contributed by atoms with Crippen LogP contribution in [-0.4, -0.2) is 10.9 Å². The molecule has 0 atom stereocenters. The van der Waals surface area contributed by atoms with E-state index in [2.05, 4.69) is 20.4 Å². The SMILES string of the molecule is C=Cc1ccc(OC(/C=C\C(=C/C)C(=O)c2ccc(C(C)C)cc2)=C/C)cc1/C=C/O. The molecule has 3 nitrogen and oxygen atoms in total. The Hall–Kier alpha value is -3.59. The molecule has 0 bridgehead atoms. The van der Waals surface area contributed by atoms with Crippen molar-refractivity contribution in [2.24, 2.45) is 0 Å². The molecule has 0 spiro atoms. The van der Waals surface area contributed by atoms with E-state index < -0.39 is 0 Å². The van der Waals surface area contributed by atoms with Gasteiger partial charge in [0.2, 0.25) is 0 Å². The lowest BCUT2D eigenvalue weighted by Gasteiger charge is -2.10. The van der Waals surface area contributed by atoms with E-state index in [4.69, 9.17) is 9.84 Å². The number of ketones is 1. The van der Waals surface area contributed by atoms with Gasteiger partial charge in [0.25, 0.3) is 0 Å². The van der Waals surface area contributed by atoms with Crippen LogP contribution in [0, 0.1) is 0 Å². The Labute approximate surface area is 185 Å². The predicted molar refractivity (Wildman–Crippen MR) is 130 cm³/mol. The van der Waals surface area contributed by atoms with Gasteiger partial charge in [0.1, 0.15) is 11.5 Å². The van der Waals surface area contributed by atoms with E-state index in [0.717, 1.165) is 17.4 Å². The number of allylic oxidation sites excluding steroid dienone is 5. The zero-order valence-electron chi connectivity index (χ0n) is 18.6. The number of rotatable bonds is 9. The van der Waals surface area contributed by atoms with Crippen LogP contribution in [0.25, 0.3) is 12.2 Å². The number of benzene rings is 2. The quantitative estimate of drug-likeness (QED) is 0.198. The predicted octanol–water partition coefficient (Wildman–Crippen LogP) is 7.65. The normalized spacial score (nSPS) is 12.7. The Morgan fingerprint density at radius 1 is 1.00 bits per heavy atom. The third-order valence-corrected chi connectivity index (χ3v) is 4.89. The van der Waals surface area contributed by atoms with Gasteiger partial charge in [0.15, 0.2) is 5.78 Å². The first-order valence-corrected chi connectivity index (χ1v) is 10.3. The third kappa shape index (κ3) is 6.45. The summed E-state index contributed by atoms with van der Waals surface area (Å²) in [7, 11) is 0. The number of aliphatic hydroxyl groups excluding tert-OH is 1. The average Bonchev–Trinajstić information content (AvgIpc) is 2.79. The molecule has 0 amide bonds. The zero-order chi connectivity index (χ0) is 22.8. The first-order chi connectivity index (χ1) is 14.9. The third-order valence-electron chi connectivity index (χ3n) is 4.89. The van der Waals surface area contributed by atoms with E-state index in [1.54, 1.807) is 30.4 Å². The molecule has 0 heterocycles. The molecule has 0 saturated carbocycles. The summed E-state index contributed by atoms with van der Waals surface area (Å²) in [5, 5.41) is 9.10. The van der Waals surface area contributed by atoms with Gasteiger partial charge in [-0.05, 0) is 72.9 Å². The summed E-state index contributed by atoms with van der Waals surface area (Å²) in [6.45, 7) is 11.7. The smallest absolute Gasteiger partial charge is 0.192 e. The molecule has 31 heavy (non-hydrogen) atoms. The number of aliphatic hydroxyl groups is 1. The van der Waals surface area contributed by atoms with Crippen molar-refractivity contribution < 1.29 is 14.6 Å². The van der Waals surface area contributed by atoms with Gasteiger partial charge in [0.05, 0.1) is 6.26 Å². The minimum atomic E-state index is -0.0322. The van der Waals surface area contributed by atoms with Crippen molar-refractivity contribution in [1.82, 2.24) is 0 Å². The van der Waals surface area contributed by atoms with Gasteiger partial charge in [-0.1, -0.05) is 62.9 Å². The van der Waals surface area contributed by atoms with E-state index in [0.29, 0.717) is 28.6 Å². The van der Waals surface area contributed by atoms with Crippen molar-refractivity contribution in [1.29, 1.82) is 0 Å². The summed E-state index contributed by atoms with van der Waals surface area (Å²) in [6, 6.07) is 13.3. The number of carbonyl (C=O) groups is 1. The molecule has 0 aromatic heterocycles. The summed E-state index contributed by atoms with van der Waals surface area (Å²) in [6.07, 6.45) is 11.4. The summed E-state index contributed by atoms with van der Waals surface area (Å²) in [4.78, 5) is 12.9. The van der Waals surface area contributed by atoms with E-state index in [1.165, 1.54) is 5.56 Å². The van der Waals surface area contributed by atoms with Crippen molar-refractivity contribution in [2.75, 3.05) is 0 Å². The highest BCUT2D eigenvalue weighted by Gasteiger charge is 2.10. The molecule has 0 fully saturated rings. The Bertz CT molecular complexity index is 1030. The fourth-order valence-corrected chi connectivity index (χ4v) is 3.01. The molecule has 0 aliphatic rings.